The summed E-state index contributed by atoms with van der Waals surface area (Å²) in [6, 6.07) is 0.0237. The minimum Gasteiger partial charge on any atom is -0.434 e. The largest absolute Gasteiger partial charge is 0.434 e. The van der Waals surface area contributed by atoms with E-state index in [0.717, 1.165) is 6.42 Å². The second-order valence-electron chi connectivity index (χ2n) is 4.46. The lowest BCUT2D eigenvalue weighted by atomic mass is 9.88. The molecule has 0 aromatic rings. The Morgan fingerprint density at radius 1 is 1.62 bits per heavy atom. The molecule has 5 heteroatoms. The molecule has 1 unspecified atom stereocenters. The highest BCUT2D eigenvalue weighted by atomic mass is 16.5. The molecule has 2 rings (SSSR count). The molecule has 0 spiro atoms. The van der Waals surface area contributed by atoms with Crippen LogP contribution in [0.5, 0.6) is 0 Å². The molecule has 0 bridgehead atoms. The van der Waals surface area contributed by atoms with Crippen LogP contribution in [0.25, 0.3) is 0 Å². The zero-order valence-electron chi connectivity index (χ0n) is 9.65. The number of esters is 1. The standard InChI is InChI=1S/C11H15NO4/c1-7(13)15-6-8-9-4-5-16-11(2,3)12(9)10(8)14/h6,9H,4-5H2,1-3H3/b8-6-. The number of ether oxygens (including phenoxy) is 2. The first-order valence-corrected chi connectivity index (χ1v) is 5.28. The van der Waals surface area contributed by atoms with Crippen molar-refractivity contribution in [3.63, 3.8) is 0 Å². The molecule has 2 saturated heterocycles. The van der Waals surface area contributed by atoms with Gasteiger partial charge in [0, 0.05) is 6.92 Å². The number of fused-ring (bicyclic) bond motifs is 1. The summed E-state index contributed by atoms with van der Waals surface area (Å²) in [5.41, 5.74) is -0.000297. The average molecular weight is 225 g/mol. The van der Waals surface area contributed by atoms with Gasteiger partial charge in [0.15, 0.2) is 0 Å². The van der Waals surface area contributed by atoms with E-state index in [2.05, 4.69) is 0 Å². The van der Waals surface area contributed by atoms with Crippen molar-refractivity contribution in [1.29, 1.82) is 0 Å². The highest BCUT2D eigenvalue weighted by Gasteiger charge is 2.52. The number of nitrogens with zero attached hydrogens (tertiary/aromatic N) is 1. The Bertz CT molecular complexity index is 372. The van der Waals surface area contributed by atoms with Gasteiger partial charge in [0.2, 0.25) is 0 Å². The van der Waals surface area contributed by atoms with Gasteiger partial charge in [-0.05, 0) is 20.3 Å². The predicted molar refractivity (Wildman–Crippen MR) is 55.1 cm³/mol. The first-order valence-electron chi connectivity index (χ1n) is 5.28. The van der Waals surface area contributed by atoms with Gasteiger partial charge in [0.05, 0.1) is 18.2 Å². The Morgan fingerprint density at radius 2 is 2.31 bits per heavy atom. The number of hydrogen-bond donors (Lipinski definition) is 0. The molecule has 2 aliphatic rings. The molecule has 0 aliphatic carbocycles. The van der Waals surface area contributed by atoms with Crippen LogP contribution in [-0.2, 0) is 19.1 Å². The van der Waals surface area contributed by atoms with Crippen molar-refractivity contribution in [2.24, 2.45) is 0 Å². The van der Waals surface area contributed by atoms with Crippen LogP contribution in [0.15, 0.2) is 11.8 Å². The third-order valence-electron chi connectivity index (χ3n) is 2.92. The number of hydrogen-bond acceptors (Lipinski definition) is 4. The second kappa shape index (κ2) is 3.59. The molecule has 0 radical (unpaired) electrons. The van der Waals surface area contributed by atoms with Crippen molar-refractivity contribution in [1.82, 2.24) is 4.90 Å². The van der Waals surface area contributed by atoms with Crippen molar-refractivity contribution in [2.75, 3.05) is 6.61 Å². The zero-order chi connectivity index (χ0) is 11.9. The molecule has 1 atom stereocenters. The molecule has 2 aliphatic heterocycles. The van der Waals surface area contributed by atoms with E-state index < -0.39 is 11.7 Å². The van der Waals surface area contributed by atoms with Crippen LogP contribution in [0.4, 0.5) is 0 Å². The van der Waals surface area contributed by atoms with Crippen molar-refractivity contribution < 1.29 is 19.1 Å². The van der Waals surface area contributed by atoms with E-state index in [1.807, 2.05) is 13.8 Å². The van der Waals surface area contributed by atoms with Crippen LogP contribution in [0.3, 0.4) is 0 Å². The first-order chi connectivity index (χ1) is 7.43. The average Bonchev–Trinajstić information content (AvgIpc) is 2.14. The van der Waals surface area contributed by atoms with Crippen LogP contribution >= 0.6 is 0 Å². The van der Waals surface area contributed by atoms with Crippen molar-refractivity contribution in [3.8, 4) is 0 Å². The Labute approximate surface area is 94.0 Å². The summed E-state index contributed by atoms with van der Waals surface area (Å²) in [6.45, 7) is 5.64. The van der Waals surface area contributed by atoms with Crippen LogP contribution in [0.1, 0.15) is 27.2 Å². The number of rotatable bonds is 1. The van der Waals surface area contributed by atoms with Crippen LogP contribution in [-0.4, -0.2) is 35.2 Å². The maximum absolute atomic E-state index is 11.8. The summed E-state index contributed by atoms with van der Waals surface area (Å²) >= 11 is 0. The quantitative estimate of drug-likeness (QED) is 0.287. The monoisotopic (exact) mass is 225 g/mol. The van der Waals surface area contributed by atoms with E-state index in [1.165, 1.54) is 13.2 Å². The fraction of sp³-hybridized carbons (Fsp3) is 0.636. The lowest BCUT2D eigenvalue weighted by Gasteiger charge is -2.54. The molecule has 0 N–H and O–H groups in total. The highest BCUT2D eigenvalue weighted by Crippen LogP contribution is 2.39. The van der Waals surface area contributed by atoms with Crippen molar-refractivity contribution >= 4 is 11.9 Å². The van der Waals surface area contributed by atoms with Gasteiger partial charge in [0.25, 0.3) is 5.91 Å². The van der Waals surface area contributed by atoms with Gasteiger partial charge in [0.1, 0.15) is 12.0 Å². The molecular formula is C11H15NO4. The summed E-state index contributed by atoms with van der Waals surface area (Å²) in [5, 5.41) is 0. The maximum atomic E-state index is 11.8. The summed E-state index contributed by atoms with van der Waals surface area (Å²) < 4.78 is 10.3. The van der Waals surface area contributed by atoms with Gasteiger partial charge >= 0.3 is 5.97 Å². The molecular weight excluding hydrogens is 210 g/mol. The number of amides is 1. The van der Waals surface area contributed by atoms with E-state index in [9.17, 15) is 9.59 Å². The third kappa shape index (κ3) is 1.61. The van der Waals surface area contributed by atoms with Gasteiger partial charge in [-0.2, -0.15) is 0 Å². The molecule has 1 amide bonds. The third-order valence-corrected chi connectivity index (χ3v) is 2.92. The van der Waals surface area contributed by atoms with Gasteiger partial charge in [-0.15, -0.1) is 0 Å². The Kier molecular flexibility index (Phi) is 2.50. The summed E-state index contributed by atoms with van der Waals surface area (Å²) in [6.07, 6.45) is 2.02. The molecule has 0 aromatic carbocycles. The Hall–Kier alpha value is -1.36. The molecule has 2 heterocycles. The summed E-state index contributed by atoms with van der Waals surface area (Å²) in [7, 11) is 0. The van der Waals surface area contributed by atoms with Gasteiger partial charge in [-0.3, -0.25) is 9.59 Å². The smallest absolute Gasteiger partial charge is 0.307 e. The van der Waals surface area contributed by atoms with E-state index in [4.69, 9.17) is 9.47 Å². The van der Waals surface area contributed by atoms with E-state index in [1.54, 1.807) is 4.90 Å². The van der Waals surface area contributed by atoms with E-state index in [0.29, 0.717) is 12.2 Å². The maximum Gasteiger partial charge on any atom is 0.307 e. The van der Waals surface area contributed by atoms with Crippen LogP contribution < -0.4 is 0 Å². The van der Waals surface area contributed by atoms with Crippen molar-refractivity contribution in [2.45, 2.75) is 39.0 Å². The Balaban J connectivity index is 2.14. The fourth-order valence-corrected chi connectivity index (χ4v) is 2.17. The van der Waals surface area contributed by atoms with Crippen molar-refractivity contribution in [3.05, 3.63) is 11.8 Å². The number of carbonyl (C=O) groups is 2. The lowest BCUT2D eigenvalue weighted by Crippen LogP contribution is -2.67. The minimum absolute atomic E-state index is 0.0237. The molecule has 2 fully saturated rings. The lowest BCUT2D eigenvalue weighted by molar-refractivity contribution is -0.205. The summed E-state index contributed by atoms with van der Waals surface area (Å²) in [5.74, 6) is -0.527. The SMILES string of the molecule is CC(=O)O/C=C1\C(=O)N2C1CCOC2(C)C. The molecule has 5 nitrogen and oxygen atoms in total. The van der Waals surface area contributed by atoms with E-state index >= 15 is 0 Å². The summed E-state index contributed by atoms with van der Waals surface area (Å²) in [4.78, 5) is 24.2. The molecule has 88 valence electrons. The van der Waals surface area contributed by atoms with Gasteiger partial charge in [-0.1, -0.05) is 0 Å². The molecule has 0 aromatic heterocycles. The minimum atomic E-state index is -0.562. The molecule has 16 heavy (non-hydrogen) atoms. The normalized spacial score (nSPS) is 29.7. The fourth-order valence-electron chi connectivity index (χ4n) is 2.17. The highest BCUT2D eigenvalue weighted by molar-refractivity contribution is 6.02. The van der Waals surface area contributed by atoms with E-state index in [-0.39, 0.29) is 11.9 Å². The van der Waals surface area contributed by atoms with Gasteiger partial charge < -0.3 is 14.4 Å². The Morgan fingerprint density at radius 3 is 2.94 bits per heavy atom. The zero-order valence-corrected chi connectivity index (χ0v) is 9.65. The van der Waals surface area contributed by atoms with Crippen LogP contribution in [0, 0.1) is 0 Å². The molecule has 0 saturated carbocycles. The number of β-lactam (4-membered cyclic amide) rings is 1. The van der Waals surface area contributed by atoms with Gasteiger partial charge in [-0.25, -0.2) is 0 Å². The topological polar surface area (TPSA) is 55.8 Å². The predicted octanol–water partition coefficient (Wildman–Crippen LogP) is 0.801. The first kappa shape index (κ1) is 11.1. The van der Waals surface area contributed by atoms with Crippen LogP contribution in [0.2, 0.25) is 0 Å². The second-order valence-corrected chi connectivity index (χ2v) is 4.46. The number of carbonyl (C=O) groups excluding carboxylic acids is 2.